The van der Waals surface area contributed by atoms with Crippen LogP contribution in [-0.4, -0.2) is 19.2 Å². The summed E-state index contributed by atoms with van der Waals surface area (Å²) in [7, 11) is 0.921. The Kier molecular flexibility index (Phi) is 9.30. The van der Waals surface area contributed by atoms with Crippen LogP contribution in [-0.2, 0) is 9.53 Å². The lowest BCUT2D eigenvalue weighted by atomic mass is 10.1. The van der Waals surface area contributed by atoms with Crippen LogP contribution in [0.25, 0.3) is 0 Å². The van der Waals surface area contributed by atoms with Gasteiger partial charge in [-0.25, -0.2) is 8.78 Å². The van der Waals surface area contributed by atoms with Gasteiger partial charge in [-0.1, -0.05) is 31.1 Å². The molecule has 1 aromatic carbocycles. The van der Waals surface area contributed by atoms with Gasteiger partial charge in [0.2, 0.25) is 11.6 Å². The van der Waals surface area contributed by atoms with Crippen LogP contribution in [0.3, 0.4) is 0 Å². The minimum atomic E-state index is -1.60. The van der Waals surface area contributed by atoms with E-state index in [2.05, 4.69) is 16.6 Å². The second-order valence-corrected chi connectivity index (χ2v) is 7.13. The van der Waals surface area contributed by atoms with E-state index in [0.717, 1.165) is 58.5 Å². The average Bonchev–Trinajstić information content (AvgIpc) is 3.20. The highest BCUT2D eigenvalue weighted by Gasteiger charge is 2.25. The van der Waals surface area contributed by atoms with Crippen LogP contribution in [0.2, 0.25) is 0 Å². The number of unbranched alkanes of at least 4 members (excludes halogenated alkanes) is 5. The molecule has 0 amide bonds. The number of esters is 1. The van der Waals surface area contributed by atoms with Gasteiger partial charge in [0.05, 0.1) is 7.11 Å². The van der Waals surface area contributed by atoms with Crippen LogP contribution in [0.15, 0.2) is 0 Å². The molecule has 0 saturated heterocycles. The zero-order valence-corrected chi connectivity index (χ0v) is 16.6. The molecule has 0 N–H and O–H groups in total. The van der Waals surface area contributed by atoms with Crippen molar-refractivity contribution >= 4 is 5.97 Å². The number of ether oxygens (including phenoxy) is 2. The monoisotopic (exact) mass is 414 g/mol. The topological polar surface area (TPSA) is 35.5 Å². The Morgan fingerprint density at radius 3 is 2.14 bits per heavy atom. The standard InChI is InChI=1S/C22H26F4O3/c1-28-22-20(25)18(23)16(19(24)21(22)26)13-7-5-3-2-4-6-8-14-17(27)29-15-11-9-10-12-15/h15H,2-6,8-12,14H2,1H3. The molecule has 2 rings (SSSR count). The maximum atomic E-state index is 13.8. The zero-order chi connectivity index (χ0) is 21.2. The normalized spacial score (nSPS) is 13.8. The molecule has 1 fully saturated rings. The number of hydrogen-bond acceptors (Lipinski definition) is 3. The summed E-state index contributed by atoms with van der Waals surface area (Å²) in [6.07, 6.45) is 9.12. The Morgan fingerprint density at radius 2 is 1.52 bits per heavy atom. The molecule has 29 heavy (non-hydrogen) atoms. The summed E-state index contributed by atoms with van der Waals surface area (Å²) in [5.74, 6) is -2.82. The van der Waals surface area contributed by atoms with E-state index in [1.807, 2.05) is 0 Å². The number of benzene rings is 1. The van der Waals surface area contributed by atoms with Crippen molar-refractivity contribution in [2.24, 2.45) is 0 Å². The first-order valence-corrected chi connectivity index (χ1v) is 10.0. The second kappa shape index (κ2) is 11.7. The molecule has 0 spiro atoms. The Bertz CT molecular complexity index is 733. The van der Waals surface area contributed by atoms with Gasteiger partial charge in [-0.3, -0.25) is 4.79 Å². The maximum Gasteiger partial charge on any atom is 0.306 e. The summed E-state index contributed by atoms with van der Waals surface area (Å²) in [4.78, 5) is 11.7. The van der Waals surface area contributed by atoms with Gasteiger partial charge in [-0.05, 0) is 38.5 Å². The summed E-state index contributed by atoms with van der Waals surface area (Å²) in [5.41, 5.74) is -0.929. The van der Waals surface area contributed by atoms with Gasteiger partial charge in [0, 0.05) is 12.8 Å². The van der Waals surface area contributed by atoms with E-state index in [9.17, 15) is 22.4 Å². The lowest BCUT2D eigenvalue weighted by Crippen LogP contribution is -2.14. The van der Waals surface area contributed by atoms with Crippen molar-refractivity contribution in [2.45, 2.75) is 76.7 Å². The van der Waals surface area contributed by atoms with E-state index in [-0.39, 0.29) is 12.1 Å². The zero-order valence-electron chi connectivity index (χ0n) is 16.6. The van der Waals surface area contributed by atoms with Gasteiger partial charge in [0.25, 0.3) is 0 Å². The first kappa shape index (κ1) is 23.1. The Morgan fingerprint density at radius 1 is 0.931 bits per heavy atom. The minimum absolute atomic E-state index is 0.100. The smallest absolute Gasteiger partial charge is 0.306 e. The molecule has 3 nitrogen and oxygen atoms in total. The molecule has 0 aliphatic heterocycles. The minimum Gasteiger partial charge on any atom is -0.491 e. The molecule has 0 heterocycles. The average molecular weight is 414 g/mol. The van der Waals surface area contributed by atoms with Crippen LogP contribution >= 0.6 is 0 Å². The highest BCUT2D eigenvalue weighted by molar-refractivity contribution is 5.69. The van der Waals surface area contributed by atoms with Crippen molar-refractivity contribution in [3.63, 3.8) is 0 Å². The van der Waals surface area contributed by atoms with Crippen molar-refractivity contribution in [3.8, 4) is 17.6 Å². The van der Waals surface area contributed by atoms with Crippen molar-refractivity contribution in [1.82, 2.24) is 0 Å². The Hall–Kier alpha value is -2.23. The molecule has 0 unspecified atom stereocenters. The molecule has 1 aliphatic carbocycles. The fourth-order valence-corrected chi connectivity index (χ4v) is 3.32. The molecule has 0 radical (unpaired) electrons. The number of carbonyl (C=O) groups excluding carboxylic acids is 1. The van der Waals surface area contributed by atoms with E-state index in [1.54, 1.807) is 0 Å². The number of hydrogen-bond donors (Lipinski definition) is 0. The van der Waals surface area contributed by atoms with Crippen molar-refractivity contribution in [3.05, 3.63) is 28.8 Å². The highest BCUT2D eigenvalue weighted by Crippen LogP contribution is 2.29. The van der Waals surface area contributed by atoms with Gasteiger partial charge in [-0.2, -0.15) is 8.78 Å². The quantitative estimate of drug-likeness (QED) is 0.168. The van der Waals surface area contributed by atoms with Gasteiger partial charge in [0.15, 0.2) is 17.4 Å². The van der Waals surface area contributed by atoms with Gasteiger partial charge >= 0.3 is 5.97 Å². The Labute approximate surface area is 168 Å². The van der Waals surface area contributed by atoms with Crippen LogP contribution in [0, 0.1) is 35.1 Å². The van der Waals surface area contributed by atoms with Crippen LogP contribution in [0.4, 0.5) is 17.6 Å². The molecule has 0 bridgehead atoms. The van der Waals surface area contributed by atoms with Crippen molar-refractivity contribution in [1.29, 1.82) is 0 Å². The van der Waals surface area contributed by atoms with Gasteiger partial charge < -0.3 is 9.47 Å². The van der Waals surface area contributed by atoms with Crippen molar-refractivity contribution in [2.75, 3.05) is 7.11 Å². The maximum absolute atomic E-state index is 13.8. The molecule has 160 valence electrons. The first-order valence-electron chi connectivity index (χ1n) is 10.0. The largest absolute Gasteiger partial charge is 0.491 e. The Balaban J connectivity index is 1.65. The first-order chi connectivity index (χ1) is 14.0. The molecule has 1 aliphatic rings. The molecule has 0 atom stereocenters. The third-order valence-electron chi connectivity index (χ3n) is 4.92. The summed E-state index contributed by atoms with van der Waals surface area (Å²) >= 11 is 0. The molecule has 0 aromatic heterocycles. The van der Waals surface area contributed by atoms with E-state index in [0.29, 0.717) is 19.3 Å². The molecule has 7 heteroatoms. The fraction of sp³-hybridized carbons (Fsp3) is 0.591. The van der Waals surface area contributed by atoms with Gasteiger partial charge in [-0.15, -0.1) is 0 Å². The van der Waals surface area contributed by atoms with E-state index >= 15 is 0 Å². The van der Waals surface area contributed by atoms with E-state index in [4.69, 9.17) is 4.74 Å². The summed E-state index contributed by atoms with van der Waals surface area (Å²) in [6, 6.07) is 0. The molecular formula is C22H26F4O3. The number of carbonyl (C=O) groups is 1. The van der Waals surface area contributed by atoms with Crippen LogP contribution in [0.5, 0.6) is 5.75 Å². The SMILES string of the molecule is COc1c(F)c(F)c(C#CCCCCCCCC(=O)OC2CCCC2)c(F)c1F. The third kappa shape index (κ3) is 6.66. The summed E-state index contributed by atoms with van der Waals surface area (Å²) in [6.45, 7) is 0. The van der Waals surface area contributed by atoms with E-state index < -0.39 is 34.6 Å². The number of rotatable bonds is 9. The summed E-state index contributed by atoms with van der Waals surface area (Å²) < 4.78 is 64.5. The molecule has 1 aromatic rings. The van der Waals surface area contributed by atoms with Crippen LogP contribution < -0.4 is 4.74 Å². The fourth-order valence-electron chi connectivity index (χ4n) is 3.32. The molecule has 1 saturated carbocycles. The lowest BCUT2D eigenvalue weighted by Gasteiger charge is -2.10. The van der Waals surface area contributed by atoms with Crippen molar-refractivity contribution < 1.29 is 31.8 Å². The second-order valence-electron chi connectivity index (χ2n) is 7.13. The number of methoxy groups -OCH3 is 1. The predicted octanol–water partition coefficient (Wildman–Crippen LogP) is 5.82. The summed E-state index contributed by atoms with van der Waals surface area (Å²) in [5, 5.41) is 0. The third-order valence-corrected chi connectivity index (χ3v) is 4.92. The van der Waals surface area contributed by atoms with E-state index in [1.165, 1.54) is 0 Å². The molecular weight excluding hydrogens is 388 g/mol. The predicted molar refractivity (Wildman–Crippen MR) is 100 cm³/mol. The highest BCUT2D eigenvalue weighted by atomic mass is 19.2. The van der Waals surface area contributed by atoms with Gasteiger partial charge in [0.1, 0.15) is 11.7 Å². The lowest BCUT2D eigenvalue weighted by molar-refractivity contribution is -0.148. The number of halogens is 4. The van der Waals surface area contributed by atoms with Crippen LogP contribution in [0.1, 0.15) is 76.2 Å².